The number of rotatable bonds is 10. The molecule has 0 aliphatic carbocycles. The highest BCUT2D eigenvalue weighted by Crippen LogP contribution is 2.20. The van der Waals surface area contributed by atoms with E-state index in [1.165, 1.54) is 7.11 Å². The van der Waals surface area contributed by atoms with Gasteiger partial charge < -0.3 is 14.8 Å². The Morgan fingerprint density at radius 3 is 2.67 bits per heavy atom. The monoisotopic (exact) mass is 370 g/mol. The lowest BCUT2D eigenvalue weighted by Gasteiger charge is -2.15. The van der Waals surface area contributed by atoms with E-state index >= 15 is 0 Å². The molecule has 0 saturated heterocycles. The standard InChI is InChI=1S/C21H26N2O4/c1-16(23-20(24)11-3-4-12-21(25)26-2)17-8-7-10-19(14-17)27-15-18-9-5-6-13-22-18/h5-10,13-14,16H,3-4,11-12,15H2,1-2H3,(H,23,24)/t16-/m0/s1. The third-order valence-electron chi connectivity index (χ3n) is 4.11. The van der Waals surface area contributed by atoms with Crippen molar-refractivity contribution in [3.05, 3.63) is 59.9 Å². The van der Waals surface area contributed by atoms with Gasteiger partial charge in [0.05, 0.1) is 18.8 Å². The topological polar surface area (TPSA) is 77.5 Å². The van der Waals surface area contributed by atoms with Crippen LogP contribution in [0.3, 0.4) is 0 Å². The van der Waals surface area contributed by atoms with E-state index in [1.807, 2.05) is 49.4 Å². The zero-order valence-electron chi connectivity index (χ0n) is 15.8. The van der Waals surface area contributed by atoms with Gasteiger partial charge in [-0.15, -0.1) is 0 Å². The first-order valence-electron chi connectivity index (χ1n) is 9.07. The number of aromatic nitrogens is 1. The molecule has 27 heavy (non-hydrogen) atoms. The summed E-state index contributed by atoms with van der Waals surface area (Å²) in [5.74, 6) is 0.454. The molecule has 144 valence electrons. The summed E-state index contributed by atoms with van der Waals surface area (Å²) in [4.78, 5) is 27.4. The molecular weight excluding hydrogens is 344 g/mol. The van der Waals surface area contributed by atoms with Crippen molar-refractivity contribution in [1.29, 1.82) is 0 Å². The summed E-state index contributed by atoms with van der Waals surface area (Å²) in [6.07, 6.45) is 3.76. The van der Waals surface area contributed by atoms with Crippen molar-refractivity contribution >= 4 is 11.9 Å². The first kappa shape index (κ1) is 20.4. The number of benzene rings is 1. The molecule has 0 fully saturated rings. The minimum Gasteiger partial charge on any atom is -0.487 e. The van der Waals surface area contributed by atoms with E-state index in [0.717, 1.165) is 17.0 Å². The molecule has 0 saturated carbocycles. The predicted octanol–water partition coefficient (Wildman–Crippen LogP) is 3.57. The maximum absolute atomic E-state index is 12.1. The van der Waals surface area contributed by atoms with E-state index < -0.39 is 0 Å². The Labute approximate surface area is 159 Å². The summed E-state index contributed by atoms with van der Waals surface area (Å²) in [5.41, 5.74) is 1.83. The molecule has 0 bridgehead atoms. The largest absolute Gasteiger partial charge is 0.487 e. The van der Waals surface area contributed by atoms with Gasteiger partial charge in [0.25, 0.3) is 0 Å². The summed E-state index contributed by atoms with van der Waals surface area (Å²) in [7, 11) is 1.37. The maximum Gasteiger partial charge on any atom is 0.305 e. The number of esters is 1. The third kappa shape index (κ3) is 7.48. The average Bonchev–Trinajstić information content (AvgIpc) is 2.70. The number of carbonyl (C=O) groups is 2. The fraction of sp³-hybridized carbons (Fsp3) is 0.381. The van der Waals surface area contributed by atoms with Gasteiger partial charge in [-0.05, 0) is 49.6 Å². The summed E-state index contributed by atoms with van der Waals surface area (Å²) in [6.45, 7) is 2.33. The second kappa shape index (κ2) is 11.0. The highest BCUT2D eigenvalue weighted by atomic mass is 16.5. The predicted molar refractivity (Wildman–Crippen MR) is 102 cm³/mol. The van der Waals surface area contributed by atoms with Crippen molar-refractivity contribution in [2.75, 3.05) is 7.11 Å². The van der Waals surface area contributed by atoms with E-state index in [9.17, 15) is 9.59 Å². The Morgan fingerprint density at radius 2 is 1.93 bits per heavy atom. The number of methoxy groups -OCH3 is 1. The number of amides is 1. The summed E-state index contributed by atoms with van der Waals surface area (Å²) < 4.78 is 10.4. The summed E-state index contributed by atoms with van der Waals surface area (Å²) >= 11 is 0. The van der Waals surface area contributed by atoms with E-state index in [4.69, 9.17) is 4.74 Å². The molecule has 0 radical (unpaired) electrons. The van der Waals surface area contributed by atoms with Gasteiger partial charge in [0.2, 0.25) is 5.91 Å². The molecule has 1 amide bonds. The fourth-order valence-electron chi connectivity index (χ4n) is 2.57. The minimum absolute atomic E-state index is 0.0350. The minimum atomic E-state index is -0.244. The van der Waals surface area contributed by atoms with Gasteiger partial charge in [-0.1, -0.05) is 18.2 Å². The molecule has 1 aromatic heterocycles. The molecule has 0 aliphatic heterocycles. The Balaban J connectivity index is 1.79. The molecular formula is C21H26N2O4. The van der Waals surface area contributed by atoms with Crippen LogP contribution in [0, 0.1) is 0 Å². The van der Waals surface area contributed by atoms with Crippen LogP contribution in [0.2, 0.25) is 0 Å². The van der Waals surface area contributed by atoms with Gasteiger partial charge in [0, 0.05) is 19.0 Å². The van der Waals surface area contributed by atoms with Crippen LogP contribution >= 0.6 is 0 Å². The van der Waals surface area contributed by atoms with Crippen molar-refractivity contribution in [3.63, 3.8) is 0 Å². The normalized spacial score (nSPS) is 11.5. The van der Waals surface area contributed by atoms with E-state index in [1.54, 1.807) is 6.20 Å². The lowest BCUT2D eigenvalue weighted by Crippen LogP contribution is -2.26. The second-order valence-electron chi connectivity index (χ2n) is 6.25. The van der Waals surface area contributed by atoms with E-state index in [0.29, 0.717) is 32.3 Å². The zero-order valence-corrected chi connectivity index (χ0v) is 15.8. The first-order valence-corrected chi connectivity index (χ1v) is 9.07. The van der Waals surface area contributed by atoms with Crippen LogP contribution in [0.1, 0.15) is 49.9 Å². The Bertz CT molecular complexity index is 734. The SMILES string of the molecule is COC(=O)CCCCC(=O)N[C@@H](C)c1cccc(OCc2ccccn2)c1. The van der Waals surface area contributed by atoms with Gasteiger partial charge in [-0.2, -0.15) is 0 Å². The number of nitrogens with zero attached hydrogens (tertiary/aromatic N) is 1. The summed E-state index contributed by atoms with van der Waals surface area (Å²) in [5, 5.41) is 2.98. The first-order chi connectivity index (χ1) is 13.1. The van der Waals surface area contributed by atoms with Crippen molar-refractivity contribution in [1.82, 2.24) is 10.3 Å². The van der Waals surface area contributed by atoms with Crippen LogP contribution in [0.15, 0.2) is 48.7 Å². The number of ether oxygens (including phenoxy) is 2. The zero-order chi connectivity index (χ0) is 19.5. The lowest BCUT2D eigenvalue weighted by atomic mass is 10.1. The van der Waals surface area contributed by atoms with E-state index in [-0.39, 0.29) is 17.9 Å². The van der Waals surface area contributed by atoms with Crippen LogP contribution < -0.4 is 10.1 Å². The number of hydrogen-bond donors (Lipinski definition) is 1. The van der Waals surface area contributed by atoms with Crippen LogP contribution in [0.25, 0.3) is 0 Å². The quantitative estimate of drug-likeness (QED) is 0.511. The molecule has 6 heteroatoms. The van der Waals surface area contributed by atoms with Crippen molar-refractivity contribution < 1.29 is 19.1 Å². The molecule has 0 spiro atoms. The molecule has 1 N–H and O–H groups in total. The fourth-order valence-corrected chi connectivity index (χ4v) is 2.57. The lowest BCUT2D eigenvalue weighted by molar-refractivity contribution is -0.140. The van der Waals surface area contributed by atoms with Gasteiger partial charge in [-0.3, -0.25) is 14.6 Å². The van der Waals surface area contributed by atoms with Gasteiger partial charge >= 0.3 is 5.97 Å². The number of unbranched alkanes of at least 4 members (excludes halogenated alkanes) is 1. The van der Waals surface area contributed by atoms with Crippen molar-refractivity contribution in [3.8, 4) is 5.75 Å². The van der Waals surface area contributed by atoms with Crippen LogP contribution in [-0.2, 0) is 20.9 Å². The highest BCUT2D eigenvalue weighted by Gasteiger charge is 2.11. The smallest absolute Gasteiger partial charge is 0.305 e. The number of nitrogens with one attached hydrogen (secondary N) is 1. The van der Waals surface area contributed by atoms with Gasteiger partial charge in [0.15, 0.2) is 0 Å². The molecule has 0 aliphatic rings. The van der Waals surface area contributed by atoms with Crippen molar-refractivity contribution in [2.45, 2.75) is 45.3 Å². The van der Waals surface area contributed by atoms with Gasteiger partial charge in [-0.25, -0.2) is 0 Å². The van der Waals surface area contributed by atoms with E-state index in [2.05, 4.69) is 15.0 Å². The third-order valence-corrected chi connectivity index (χ3v) is 4.11. The molecule has 1 aromatic carbocycles. The number of hydrogen-bond acceptors (Lipinski definition) is 5. The summed E-state index contributed by atoms with van der Waals surface area (Å²) in [6, 6.07) is 13.2. The molecule has 6 nitrogen and oxygen atoms in total. The number of pyridine rings is 1. The Morgan fingerprint density at radius 1 is 1.11 bits per heavy atom. The van der Waals surface area contributed by atoms with Crippen molar-refractivity contribution in [2.24, 2.45) is 0 Å². The molecule has 0 unspecified atom stereocenters. The molecule has 1 heterocycles. The number of carbonyl (C=O) groups excluding carboxylic acids is 2. The molecule has 1 atom stereocenters. The Kier molecular flexibility index (Phi) is 8.29. The van der Waals surface area contributed by atoms with Gasteiger partial charge in [0.1, 0.15) is 12.4 Å². The van der Waals surface area contributed by atoms with Crippen LogP contribution in [0.5, 0.6) is 5.75 Å². The second-order valence-corrected chi connectivity index (χ2v) is 6.25. The molecule has 2 rings (SSSR count). The van der Waals surface area contributed by atoms with Crippen LogP contribution in [-0.4, -0.2) is 24.0 Å². The highest BCUT2D eigenvalue weighted by molar-refractivity contribution is 5.76. The Hall–Kier alpha value is -2.89. The molecule has 2 aromatic rings. The average molecular weight is 370 g/mol. The van der Waals surface area contributed by atoms with Crippen LogP contribution in [0.4, 0.5) is 0 Å². The maximum atomic E-state index is 12.1.